The highest BCUT2D eigenvalue weighted by Crippen LogP contribution is 2.46. The standard InChI is InChI=1S/C48H30BNOS/c1-2-13-31(14-3-1)36-17-4-5-18-37(36)34-28-41-40-21-8-11-24-47(40)52-49-42-26-25-33(29-45(42)51-46(30-34)48(41)49)32-15-12-16-35(27-32)50-43-22-9-6-19-38(43)39-20-7-10-23-44(39)50/h1-30H/i1D,2D,3D,4D,5D,6D,7D,8D,9D,10D,11D,12D,13D,14D,15D,16D,17D,18D,19D,20D,21D,22D,23D,24D,25D,26D,27D,28D,29D,30D. The lowest BCUT2D eigenvalue weighted by Crippen LogP contribution is -2.46. The normalized spacial score (nSPS) is 20.7. The average Bonchev–Trinajstić information content (AvgIpc) is 1.17. The maximum atomic E-state index is 9.95. The first-order valence-electron chi connectivity index (χ1n) is 30.3. The summed E-state index contributed by atoms with van der Waals surface area (Å²) >= 11 is 0.634. The Morgan fingerprint density at radius 2 is 1.08 bits per heavy atom. The molecule has 4 heteroatoms. The molecule has 1 aromatic heterocycles. The number of para-hydroxylation sites is 2. The smallest absolute Gasteiger partial charge is 0.289 e. The van der Waals surface area contributed by atoms with Crippen molar-refractivity contribution in [3.8, 4) is 61.7 Å². The second-order valence-corrected chi connectivity index (χ2v) is 12.4. The van der Waals surface area contributed by atoms with E-state index in [0.717, 1.165) is 4.57 Å². The summed E-state index contributed by atoms with van der Waals surface area (Å²) in [5, 5.41) is -0.953. The van der Waals surface area contributed by atoms with Gasteiger partial charge in [0, 0.05) is 21.4 Å². The Hall–Kier alpha value is -6.23. The van der Waals surface area contributed by atoms with Crippen molar-refractivity contribution in [2.45, 2.75) is 4.90 Å². The molecule has 2 aliphatic rings. The number of ether oxygens (including phenoxy) is 1. The van der Waals surface area contributed by atoms with Crippen LogP contribution < -0.4 is 15.7 Å². The van der Waals surface area contributed by atoms with Crippen LogP contribution in [0.5, 0.6) is 11.5 Å². The predicted molar refractivity (Wildman–Crippen MR) is 220 cm³/mol. The summed E-state index contributed by atoms with van der Waals surface area (Å²) in [5.41, 5.74) is -8.41. The van der Waals surface area contributed by atoms with Crippen LogP contribution in [-0.2, 0) is 0 Å². The van der Waals surface area contributed by atoms with Gasteiger partial charge in [0.05, 0.1) is 52.2 Å². The number of benzene rings is 8. The van der Waals surface area contributed by atoms with Gasteiger partial charge in [0.1, 0.15) is 11.5 Å². The van der Waals surface area contributed by atoms with Crippen LogP contribution in [0.3, 0.4) is 0 Å². The number of aromatic nitrogens is 1. The van der Waals surface area contributed by atoms with Gasteiger partial charge >= 0.3 is 0 Å². The molecule has 0 saturated carbocycles. The van der Waals surface area contributed by atoms with Crippen LogP contribution in [0.2, 0.25) is 0 Å². The fraction of sp³-hybridized carbons (Fsp3) is 0. The third-order valence-electron chi connectivity index (χ3n) is 8.48. The van der Waals surface area contributed by atoms with Crippen molar-refractivity contribution >= 4 is 50.3 Å². The first-order chi connectivity index (χ1) is 38.3. The van der Waals surface area contributed by atoms with E-state index in [9.17, 15) is 12.3 Å². The zero-order valence-electron chi connectivity index (χ0n) is 55.8. The quantitative estimate of drug-likeness (QED) is 0.169. The Labute approximate surface area is 349 Å². The molecule has 0 fully saturated rings. The lowest BCUT2D eigenvalue weighted by molar-refractivity contribution is 0.488. The van der Waals surface area contributed by atoms with Crippen LogP contribution in [0.1, 0.15) is 41.1 Å². The maximum absolute atomic E-state index is 9.95. The van der Waals surface area contributed by atoms with E-state index in [1.165, 1.54) is 0 Å². The zero-order valence-corrected chi connectivity index (χ0v) is 26.7. The summed E-state index contributed by atoms with van der Waals surface area (Å²) in [6, 6.07) is -27.0. The highest BCUT2D eigenvalue weighted by Gasteiger charge is 2.39. The second-order valence-electron chi connectivity index (χ2n) is 11.3. The summed E-state index contributed by atoms with van der Waals surface area (Å²) in [6.07, 6.45) is 0. The second kappa shape index (κ2) is 11.7. The molecule has 3 heterocycles. The highest BCUT2D eigenvalue weighted by atomic mass is 32.2. The fourth-order valence-electron chi connectivity index (χ4n) is 6.28. The number of fused-ring (bicyclic) bond motifs is 7. The van der Waals surface area contributed by atoms with Crippen LogP contribution in [0, 0.1) is 0 Å². The van der Waals surface area contributed by atoms with E-state index in [1.54, 1.807) is 0 Å². The highest BCUT2D eigenvalue weighted by molar-refractivity contribution is 8.28. The van der Waals surface area contributed by atoms with Crippen molar-refractivity contribution in [2.75, 3.05) is 0 Å². The lowest BCUT2D eigenvalue weighted by atomic mass is 9.57. The number of rotatable bonds is 4. The Morgan fingerprint density at radius 3 is 1.87 bits per heavy atom. The first-order valence-corrected chi connectivity index (χ1v) is 16.2. The summed E-state index contributed by atoms with van der Waals surface area (Å²) in [5.74, 6) is -2.99. The third kappa shape index (κ3) is 4.54. The van der Waals surface area contributed by atoms with Gasteiger partial charge in [0.2, 0.25) is 0 Å². The van der Waals surface area contributed by atoms with Gasteiger partial charge in [-0.2, -0.15) is 11.6 Å². The molecule has 0 amide bonds. The zero-order chi connectivity index (χ0) is 60.3. The Balaban J connectivity index is 1.27. The van der Waals surface area contributed by atoms with Gasteiger partial charge in [-0.25, -0.2) is 0 Å². The van der Waals surface area contributed by atoms with Crippen molar-refractivity contribution in [3.05, 3.63) is 181 Å². The van der Waals surface area contributed by atoms with Crippen molar-refractivity contribution in [1.82, 2.24) is 4.57 Å². The van der Waals surface area contributed by atoms with Crippen molar-refractivity contribution in [3.63, 3.8) is 0 Å². The maximum Gasteiger partial charge on any atom is 0.289 e. The van der Waals surface area contributed by atoms with Crippen LogP contribution in [0.4, 0.5) is 0 Å². The minimum absolute atomic E-state index is 0.267. The van der Waals surface area contributed by atoms with E-state index < -0.39 is 276 Å². The fourth-order valence-corrected chi connectivity index (χ4v) is 7.53. The molecule has 242 valence electrons. The molecule has 8 aromatic carbocycles. The van der Waals surface area contributed by atoms with Crippen LogP contribution >= 0.6 is 11.6 Å². The number of hydrogen-bond acceptors (Lipinski definition) is 2. The topological polar surface area (TPSA) is 14.2 Å². The summed E-state index contributed by atoms with van der Waals surface area (Å²) < 4.78 is 278. The van der Waals surface area contributed by atoms with E-state index in [4.69, 9.17) is 33.5 Å². The molecule has 2 nitrogen and oxygen atoms in total. The minimum atomic E-state index is -1.56. The Bertz CT molecular complexity index is 4490. The largest absolute Gasteiger partial charge is 0.458 e. The summed E-state index contributed by atoms with van der Waals surface area (Å²) in [6.45, 7) is 0. The van der Waals surface area contributed by atoms with Gasteiger partial charge < -0.3 is 9.30 Å². The first kappa shape index (κ1) is 12.5. The van der Waals surface area contributed by atoms with Crippen molar-refractivity contribution in [1.29, 1.82) is 0 Å². The molecule has 0 spiro atoms. The van der Waals surface area contributed by atoms with E-state index in [0.29, 0.717) is 11.6 Å². The van der Waals surface area contributed by atoms with Crippen LogP contribution in [-0.4, -0.2) is 10.6 Å². The van der Waals surface area contributed by atoms with E-state index >= 15 is 0 Å². The third-order valence-corrected chi connectivity index (χ3v) is 9.73. The monoisotopic (exact) mass is 709 g/mol. The van der Waals surface area contributed by atoms with E-state index in [2.05, 4.69) is 0 Å². The molecule has 52 heavy (non-hydrogen) atoms. The minimum Gasteiger partial charge on any atom is -0.458 e. The van der Waals surface area contributed by atoms with Gasteiger partial charge in [0.15, 0.2) is 0 Å². The average molecular weight is 710 g/mol. The summed E-state index contributed by atoms with van der Waals surface area (Å²) in [4.78, 5) is -0.291. The van der Waals surface area contributed by atoms with Crippen LogP contribution in [0.15, 0.2) is 186 Å². The van der Waals surface area contributed by atoms with Gasteiger partial charge in [-0.15, -0.1) is 0 Å². The van der Waals surface area contributed by atoms with Crippen molar-refractivity contribution < 1.29 is 45.9 Å². The molecular formula is C48H30BNOS. The lowest BCUT2D eigenvalue weighted by Gasteiger charge is -2.33. The van der Waals surface area contributed by atoms with E-state index in [-0.39, 0.29) is 10.4 Å². The number of nitrogens with zero attached hydrogens (tertiary/aromatic N) is 1. The molecule has 0 bridgehead atoms. The Morgan fingerprint density at radius 1 is 0.462 bits per heavy atom. The van der Waals surface area contributed by atoms with Gasteiger partial charge in [-0.1, -0.05) is 133 Å². The molecule has 0 atom stereocenters. The predicted octanol–water partition coefficient (Wildman–Crippen LogP) is 11.8. The van der Waals surface area contributed by atoms with Gasteiger partial charge in [-0.3, -0.25) is 0 Å². The number of hydrogen-bond donors (Lipinski definition) is 0. The van der Waals surface area contributed by atoms with Crippen molar-refractivity contribution in [2.24, 2.45) is 0 Å². The van der Waals surface area contributed by atoms with Gasteiger partial charge in [-0.05, 0) is 104 Å². The molecule has 0 unspecified atom stereocenters. The molecule has 9 aromatic rings. The molecular weight excluding hydrogens is 649 g/mol. The summed E-state index contributed by atoms with van der Waals surface area (Å²) in [7, 11) is 0. The molecule has 2 aliphatic heterocycles. The van der Waals surface area contributed by atoms with E-state index in [1.807, 2.05) is 0 Å². The molecule has 11 rings (SSSR count). The molecule has 0 aliphatic carbocycles. The molecule has 0 saturated heterocycles. The SMILES string of the molecule is [2H]c1c([2H])c([2H])c(-c2c([2H])c([2H])c([2H])c([2H])c2-c2c([2H])c3c4c(c2[2H])-c2c([2H])c([2H])c([2H])c([2H])c2SB4c2c([2H])c([2H])c(-c4c([2H])c([2H])c([2H])c(-n5c6c([2H])c([2H])c([2H])c([2H])c6c6c([2H])c([2H])c([2H])c([2H])c65)c4[2H])c([2H])c2O3)c([2H])c1[2H]. The molecule has 0 radical (unpaired) electrons. The Kier molecular flexibility index (Phi) is 2.80. The molecule has 0 N–H and O–H groups in total. The van der Waals surface area contributed by atoms with Gasteiger partial charge in [0.25, 0.3) is 5.99 Å². The van der Waals surface area contributed by atoms with Crippen LogP contribution in [0.25, 0.3) is 72.0 Å².